The molecule has 148 valence electrons. The second-order valence-electron chi connectivity index (χ2n) is 6.32. The first-order chi connectivity index (χ1) is 13.4. The molecule has 1 amide bonds. The average molecular weight is 465 g/mol. The molecule has 3 rings (SSSR count). The zero-order valence-electron chi connectivity index (χ0n) is 16.1. The molecule has 2 heterocycles. The van der Waals surface area contributed by atoms with Crippen molar-refractivity contribution < 1.29 is 18.8 Å². The summed E-state index contributed by atoms with van der Waals surface area (Å²) in [5, 5.41) is 3.93. The second kappa shape index (κ2) is 8.79. The number of carbonyl (C=O) groups is 1. The molecule has 0 aliphatic carbocycles. The molecule has 0 radical (unpaired) electrons. The lowest BCUT2D eigenvalue weighted by Crippen LogP contribution is -2.25. The molecule has 0 saturated carbocycles. The highest BCUT2D eigenvalue weighted by Crippen LogP contribution is 2.30. The largest absolute Gasteiger partial charge is 0.493 e. The van der Waals surface area contributed by atoms with Gasteiger partial charge in [0.1, 0.15) is 12.4 Å². The van der Waals surface area contributed by atoms with Crippen molar-refractivity contribution in [2.24, 2.45) is 0 Å². The summed E-state index contributed by atoms with van der Waals surface area (Å²) >= 11 is 5.06. The number of halogens is 1. The lowest BCUT2D eigenvalue weighted by atomic mass is 10.1. The normalized spacial score (nSPS) is 10.8. The molecule has 0 aliphatic heterocycles. The Morgan fingerprint density at radius 3 is 2.64 bits per heavy atom. The van der Waals surface area contributed by atoms with Crippen LogP contribution in [0.3, 0.4) is 0 Å². The number of methoxy groups -OCH3 is 1. The van der Waals surface area contributed by atoms with Crippen LogP contribution in [0.4, 0.5) is 0 Å². The molecule has 8 heteroatoms. The van der Waals surface area contributed by atoms with Crippen molar-refractivity contribution in [3.8, 4) is 11.5 Å². The van der Waals surface area contributed by atoms with Crippen LogP contribution >= 0.6 is 27.3 Å². The SMILES string of the molecule is COc1cc(C(=O)N(C)Cc2ccc(Br)s2)ccc1OCc1c(C)noc1C. The van der Waals surface area contributed by atoms with Crippen molar-refractivity contribution in [1.82, 2.24) is 10.1 Å². The third-order valence-corrected chi connectivity index (χ3v) is 5.94. The van der Waals surface area contributed by atoms with Crippen LogP contribution in [-0.4, -0.2) is 30.1 Å². The third kappa shape index (κ3) is 4.56. The minimum Gasteiger partial charge on any atom is -0.493 e. The van der Waals surface area contributed by atoms with Gasteiger partial charge in [-0.25, -0.2) is 0 Å². The van der Waals surface area contributed by atoms with Gasteiger partial charge >= 0.3 is 0 Å². The molecule has 0 saturated heterocycles. The third-order valence-electron chi connectivity index (χ3n) is 4.33. The van der Waals surface area contributed by atoms with Gasteiger partial charge in [0, 0.05) is 17.5 Å². The number of thiophene rings is 1. The number of hydrogen-bond acceptors (Lipinski definition) is 6. The number of hydrogen-bond donors (Lipinski definition) is 0. The van der Waals surface area contributed by atoms with Crippen molar-refractivity contribution in [2.75, 3.05) is 14.2 Å². The highest BCUT2D eigenvalue weighted by atomic mass is 79.9. The molecule has 2 aromatic heterocycles. The fourth-order valence-corrected chi connectivity index (χ4v) is 4.28. The summed E-state index contributed by atoms with van der Waals surface area (Å²) in [4.78, 5) is 15.6. The molecule has 1 aromatic carbocycles. The fourth-order valence-electron chi connectivity index (χ4n) is 2.74. The molecule has 6 nitrogen and oxygen atoms in total. The van der Waals surface area contributed by atoms with Gasteiger partial charge in [0.2, 0.25) is 0 Å². The van der Waals surface area contributed by atoms with Crippen LogP contribution < -0.4 is 9.47 Å². The van der Waals surface area contributed by atoms with Gasteiger partial charge in [0.25, 0.3) is 5.91 Å². The van der Waals surface area contributed by atoms with Crippen LogP contribution in [0.5, 0.6) is 11.5 Å². The minimum atomic E-state index is -0.0832. The van der Waals surface area contributed by atoms with E-state index in [1.54, 1.807) is 48.6 Å². The molecule has 0 spiro atoms. The molecule has 28 heavy (non-hydrogen) atoms. The van der Waals surface area contributed by atoms with E-state index in [-0.39, 0.29) is 5.91 Å². The molecule has 0 aliphatic rings. The Labute approximate surface area is 176 Å². The van der Waals surface area contributed by atoms with Crippen molar-refractivity contribution in [1.29, 1.82) is 0 Å². The van der Waals surface area contributed by atoms with Gasteiger partial charge in [-0.05, 0) is 60.1 Å². The molecule has 3 aromatic rings. The van der Waals surface area contributed by atoms with Crippen molar-refractivity contribution in [3.63, 3.8) is 0 Å². The maximum absolute atomic E-state index is 12.8. The van der Waals surface area contributed by atoms with Gasteiger partial charge in [-0.15, -0.1) is 11.3 Å². The number of nitrogens with zero attached hydrogens (tertiary/aromatic N) is 2. The standard InChI is InChI=1S/C20H21BrN2O4S/c1-12-16(13(2)27-22-12)11-26-17-7-5-14(9-18(17)25-4)20(24)23(3)10-15-6-8-19(21)28-15/h5-9H,10-11H2,1-4H3. The predicted molar refractivity (Wildman–Crippen MR) is 111 cm³/mol. The molecule has 0 fully saturated rings. The maximum atomic E-state index is 12.8. The molecular weight excluding hydrogens is 444 g/mol. The summed E-state index contributed by atoms with van der Waals surface area (Å²) in [6.45, 7) is 4.58. The summed E-state index contributed by atoms with van der Waals surface area (Å²) in [6.07, 6.45) is 0. The topological polar surface area (TPSA) is 64.8 Å². The summed E-state index contributed by atoms with van der Waals surface area (Å²) in [5.41, 5.74) is 2.24. The van der Waals surface area contributed by atoms with E-state index in [1.165, 1.54) is 0 Å². The highest BCUT2D eigenvalue weighted by Gasteiger charge is 2.17. The van der Waals surface area contributed by atoms with E-state index < -0.39 is 0 Å². The first-order valence-corrected chi connectivity index (χ1v) is 10.2. The number of aryl methyl sites for hydroxylation is 2. The van der Waals surface area contributed by atoms with E-state index >= 15 is 0 Å². The summed E-state index contributed by atoms with van der Waals surface area (Å²) in [5.74, 6) is 1.71. The van der Waals surface area contributed by atoms with Crippen LogP contribution in [0.2, 0.25) is 0 Å². The molecule has 0 atom stereocenters. The molecular formula is C20H21BrN2O4S. The van der Waals surface area contributed by atoms with Crippen molar-refractivity contribution >= 4 is 33.2 Å². The van der Waals surface area contributed by atoms with Crippen LogP contribution in [0.1, 0.15) is 32.3 Å². The lowest BCUT2D eigenvalue weighted by Gasteiger charge is -2.17. The highest BCUT2D eigenvalue weighted by molar-refractivity contribution is 9.11. The van der Waals surface area contributed by atoms with Gasteiger partial charge in [0.15, 0.2) is 11.5 Å². The zero-order valence-corrected chi connectivity index (χ0v) is 18.5. The van der Waals surface area contributed by atoms with E-state index in [4.69, 9.17) is 14.0 Å². The van der Waals surface area contributed by atoms with Gasteiger partial charge in [-0.3, -0.25) is 4.79 Å². The maximum Gasteiger partial charge on any atom is 0.254 e. The number of ether oxygens (including phenoxy) is 2. The summed E-state index contributed by atoms with van der Waals surface area (Å²) in [7, 11) is 3.34. The van der Waals surface area contributed by atoms with Crippen molar-refractivity contribution in [3.05, 3.63) is 61.6 Å². The van der Waals surface area contributed by atoms with Gasteiger partial charge in [-0.2, -0.15) is 0 Å². The summed E-state index contributed by atoms with van der Waals surface area (Å²) < 4.78 is 17.5. The Bertz CT molecular complexity index is 963. The van der Waals surface area contributed by atoms with E-state index in [0.717, 1.165) is 25.7 Å². The molecule has 0 N–H and O–H groups in total. The average Bonchev–Trinajstić information content (AvgIpc) is 3.24. The monoisotopic (exact) mass is 464 g/mol. The minimum absolute atomic E-state index is 0.0832. The first-order valence-electron chi connectivity index (χ1n) is 8.61. The Balaban J connectivity index is 1.72. The lowest BCUT2D eigenvalue weighted by molar-refractivity contribution is 0.0786. The van der Waals surface area contributed by atoms with E-state index in [1.807, 2.05) is 26.0 Å². The van der Waals surface area contributed by atoms with Gasteiger partial charge in [0.05, 0.1) is 28.7 Å². The van der Waals surface area contributed by atoms with Crippen LogP contribution in [0.15, 0.2) is 38.6 Å². The number of benzene rings is 1. The smallest absolute Gasteiger partial charge is 0.254 e. The Kier molecular flexibility index (Phi) is 6.41. The Hall–Kier alpha value is -2.32. The van der Waals surface area contributed by atoms with Gasteiger partial charge in [-0.1, -0.05) is 5.16 Å². The second-order valence-corrected chi connectivity index (χ2v) is 8.87. The molecule has 0 unspecified atom stereocenters. The fraction of sp³-hybridized carbons (Fsp3) is 0.300. The van der Waals surface area contributed by atoms with E-state index in [2.05, 4.69) is 21.1 Å². The predicted octanol–water partition coefficient (Wildman–Crippen LogP) is 4.98. The number of carbonyl (C=O) groups excluding carboxylic acids is 1. The number of rotatable bonds is 7. The van der Waals surface area contributed by atoms with E-state index in [9.17, 15) is 4.79 Å². The number of aromatic nitrogens is 1. The van der Waals surface area contributed by atoms with Gasteiger partial charge < -0.3 is 18.9 Å². The summed E-state index contributed by atoms with van der Waals surface area (Å²) in [6, 6.07) is 9.18. The van der Waals surface area contributed by atoms with Crippen LogP contribution in [0.25, 0.3) is 0 Å². The van der Waals surface area contributed by atoms with Crippen LogP contribution in [0, 0.1) is 13.8 Å². The molecule has 0 bridgehead atoms. The Morgan fingerprint density at radius 1 is 1.25 bits per heavy atom. The van der Waals surface area contributed by atoms with Crippen molar-refractivity contribution in [2.45, 2.75) is 27.0 Å². The van der Waals surface area contributed by atoms with Crippen LogP contribution in [-0.2, 0) is 13.2 Å². The van der Waals surface area contributed by atoms with E-state index in [0.29, 0.717) is 30.2 Å². The number of amides is 1. The quantitative estimate of drug-likeness (QED) is 0.493. The first kappa shape index (κ1) is 20.4. The Morgan fingerprint density at radius 2 is 2.04 bits per heavy atom. The zero-order chi connectivity index (χ0) is 20.3.